The fourth-order valence-electron chi connectivity index (χ4n) is 5.61. The second kappa shape index (κ2) is 13.5. The van der Waals surface area contributed by atoms with Crippen molar-refractivity contribution in [2.45, 2.75) is 57.7 Å². The summed E-state index contributed by atoms with van der Waals surface area (Å²) in [6.07, 6.45) is 5.28. The quantitative estimate of drug-likeness (QED) is 0.351. The number of anilines is 1. The van der Waals surface area contributed by atoms with Crippen molar-refractivity contribution in [2.24, 2.45) is 0 Å². The van der Waals surface area contributed by atoms with Crippen LogP contribution >= 0.6 is 0 Å². The van der Waals surface area contributed by atoms with Crippen LogP contribution in [0.3, 0.4) is 0 Å². The zero-order valence-corrected chi connectivity index (χ0v) is 25.5. The summed E-state index contributed by atoms with van der Waals surface area (Å²) in [6, 6.07) is 21.4. The van der Waals surface area contributed by atoms with Gasteiger partial charge in [-0.25, -0.2) is 8.42 Å². The molecule has 2 amide bonds. The van der Waals surface area contributed by atoms with Gasteiger partial charge in [-0.15, -0.1) is 0 Å². The van der Waals surface area contributed by atoms with Gasteiger partial charge in [-0.3, -0.25) is 13.9 Å². The molecular weight excluding hydrogens is 566 g/mol. The Morgan fingerprint density at radius 3 is 2.26 bits per heavy atom. The van der Waals surface area contributed by atoms with Crippen molar-refractivity contribution in [2.75, 3.05) is 30.3 Å². The van der Waals surface area contributed by atoms with Gasteiger partial charge in [0.05, 0.1) is 11.9 Å². The van der Waals surface area contributed by atoms with Crippen LogP contribution in [-0.2, 0) is 32.6 Å². The Kier molecular flexibility index (Phi) is 9.55. The number of ether oxygens (including phenoxy) is 2. The molecule has 1 saturated carbocycles. The molecule has 1 fully saturated rings. The van der Waals surface area contributed by atoms with Crippen LogP contribution in [0.2, 0.25) is 0 Å². The Morgan fingerprint density at radius 2 is 1.58 bits per heavy atom. The lowest BCUT2D eigenvalue weighted by molar-refractivity contribution is -0.140. The number of carbonyl (C=O) groups excluding carboxylic acids is 2. The Balaban J connectivity index is 1.50. The van der Waals surface area contributed by atoms with Crippen molar-refractivity contribution >= 4 is 27.5 Å². The predicted molar refractivity (Wildman–Crippen MR) is 166 cm³/mol. The normalized spacial score (nSPS) is 15.5. The van der Waals surface area contributed by atoms with Gasteiger partial charge in [-0.05, 0) is 43.0 Å². The van der Waals surface area contributed by atoms with Gasteiger partial charge in [0, 0.05) is 25.1 Å². The number of aryl methyl sites for hydroxylation is 1. The number of benzene rings is 3. The summed E-state index contributed by atoms with van der Waals surface area (Å²) in [5, 5.41) is 3.18. The van der Waals surface area contributed by atoms with Crippen LogP contribution in [0, 0.1) is 6.92 Å². The van der Waals surface area contributed by atoms with Crippen LogP contribution in [0.4, 0.5) is 5.69 Å². The summed E-state index contributed by atoms with van der Waals surface area (Å²) >= 11 is 0. The second-order valence-electron chi connectivity index (χ2n) is 11.3. The fourth-order valence-corrected chi connectivity index (χ4v) is 6.45. The first-order chi connectivity index (χ1) is 20.7. The van der Waals surface area contributed by atoms with E-state index in [2.05, 4.69) is 5.32 Å². The minimum absolute atomic E-state index is 0.0623. The van der Waals surface area contributed by atoms with Crippen LogP contribution in [0.5, 0.6) is 11.5 Å². The van der Waals surface area contributed by atoms with Crippen molar-refractivity contribution in [1.82, 2.24) is 10.2 Å². The van der Waals surface area contributed by atoms with Crippen molar-refractivity contribution in [3.05, 3.63) is 89.5 Å². The molecule has 0 unspecified atom stereocenters. The van der Waals surface area contributed by atoms with E-state index in [1.807, 2.05) is 61.5 Å². The molecule has 43 heavy (non-hydrogen) atoms. The maximum absolute atomic E-state index is 14.3. The highest BCUT2D eigenvalue weighted by Crippen LogP contribution is 2.35. The van der Waals surface area contributed by atoms with Gasteiger partial charge in [0.15, 0.2) is 11.5 Å². The van der Waals surface area contributed by atoms with Gasteiger partial charge in [0.1, 0.15) is 25.8 Å². The van der Waals surface area contributed by atoms with Crippen molar-refractivity contribution in [1.29, 1.82) is 0 Å². The predicted octanol–water partition coefficient (Wildman–Crippen LogP) is 4.23. The third-order valence-corrected chi connectivity index (χ3v) is 9.08. The fraction of sp³-hybridized carbons (Fsp3) is 0.394. The lowest BCUT2D eigenvalue weighted by atomic mass is 10.0. The molecular formula is C33H39N3O6S. The molecule has 3 aromatic carbocycles. The average Bonchev–Trinajstić information content (AvgIpc) is 3.51. The molecule has 0 radical (unpaired) electrons. The van der Waals surface area contributed by atoms with Crippen LogP contribution in [-0.4, -0.2) is 63.2 Å². The lowest BCUT2D eigenvalue weighted by Crippen LogP contribution is -2.54. The summed E-state index contributed by atoms with van der Waals surface area (Å²) in [4.78, 5) is 29.8. The standard InChI is InChI=1S/C33H39N3O6S/c1-24-12-14-26(15-13-24)22-35(29(20-25-8-4-3-5-9-25)33(38)34-27-10-6-7-11-27)32(37)23-36(43(2,39)40)28-16-17-30-31(21-28)42-19-18-41-30/h3-5,8-9,12-17,21,27,29H,6-7,10-11,18-20,22-23H2,1-2H3,(H,34,38)/t29-/m1/s1. The highest BCUT2D eigenvalue weighted by atomic mass is 32.2. The first kappa shape index (κ1) is 30.4. The van der Waals surface area contributed by atoms with Crippen LogP contribution in [0.25, 0.3) is 0 Å². The number of hydrogen-bond acceptors (Lipinski definition) is 6. The number of amides is 2. The second-order valence-corrected chi connectivity index (χ2v) is 13.2. The minimum atomic E-state index is -3.89. The zero-order valence-electron chi connectivity index (χ0n) is 24.7. The molecule has 1 aliphatic carbocycles. The van der Waals surface area contributed by atoms with E-state index in [4.69, 9.17) is 9.47 Å². The minimum Gasteiger partial charge on any atom is -0.486 e. The molecule has 0 bridgehead atoms. The van der Waals surface area contributed by atoms with E-state index in [-0.39, 0.29) is 24.2 Å². The molecule has 1 aliphatic heterocycles. The Bertz CT molecular complexity index is 1520. The van der Waals surface area contributed by atoms with Gasteiger partial charge >= 0.3 is 0 Å². The molecule has 0 aromatic heterocycles. The summed E-state index contributed by atoms with van der Waals surface area (Å²) < 4.78 is 38.5. The van der Waals surface area contributed by atoms with Crippen LogP contribution in [0.15, 0.2) is 72.8 Å². The molecule has 1 heterocycles. The Hall–Kier alpha value is -4.05. The van der Waals surface area contributed by atoms with Crippen LogP contribution < -0.4 is 19.1 Å². The maximum atomic E-state index is 14.3. The first-order valence-corrected chi connectivity index (χ1v) is 16.6. The molecule has 9 nitrogen and oxygen atoms in total. The van der Waals surface area contributed by atoms with E-state index in [1.165, 1.54) is 4.90 Å². The first-order valence-electron chi connectivity index (χ1n) is 14.7. The summed E-state index contributed by atoms with van der Waals surface area (Å²) in [5.41, 5.74) is 3.10. The van der Waals surface area contributed by atoms with E-state index < -0.39 is 28.5 Å². The van der Waals surface area contributed by atoms with Crippen molar-refractivity contribution in [3.8, 4) is 11.5 Å². The molecule has 5 rings (SSSR count). The largest absolute Gasteiger partial charge is 0.486 e. The number of fused-ring (bicyclic) bond motifs is 1. The summed E-state index contributed by atoms with van der Waals surface area (Å²) in [6.45, 7) is 2.40. The van der Waals surface area contributed by atoms with Crippen molar-refractivity contribution in [3.63, 3.8) is 0 Å². The molecule has 10 heteroatoms. The van der Waals surface area contributed by atoms with Crippen LogP contribution in [0.1, 0.15) is 42.4 Å². The van der Waals surface area contributed by atoms with Gasteiger partial charge in [0.2, 0.25) is 21.8 Å². The molecule has 1 N–H and O–H groups in total. The Labute approximate surface area is 253 Å². The summed E-state index contributed by atoms with van der Waals surface area (Å²) in [5.74, 6) is 0.214. The van der Waals surface area contributed by atoms with E-state index in [1.54, 1.807) is 18.2 Å². The van der Waals surface area contributed by atoms with E-state index >= 15 is 0 Å². The third kappa shape index (κ3) is 7.87. The zero-order chi connectivity index (χ0) is 30.4. The van der Waals surface area contributed by atoms with Gasteiger partial charge in [-0.2, -0.15) is 0 Å². The highest BCUT2D eigenvalue weighted by Gasteiger charge is 2.34. The van der Waals surface area contributed by atoms with E-state index in [9.17, 15) is 18.0 Å². The topological polar surface area (TPSA) is 105 Å². The molecule has 3 aromatic rings. The lowest BCUT2D eigenvalue weighted by Gasteiger charge is -2.34. The van der Waals surface area contributed by atoms with E-state index in [0.29, 0.717) is 31.1 Å². The average molecular weight is 606 g/mol. The number of carbonyl (C=O) groups is 2. The van der Waals surface area contributed by atoms with Gasteiger partial charge < -0.3 is 19.7 Å². The van der Waals surface area contributed by atoms with Gasteiger partial charge in [-0.1, -0.05) is 73.0 Å². The maximum Gasteiger partial charge on any atom is 0.244 e. The number of nitrogens with one attached hydrogen (secondary N) is 1. The molecule has 1 atom stereocenters. The van der Waals surface area contributed by atoms with E-state index in [0.717, 1.165) is 52.9 Å². The number of nitrogens with zero attached hydrogens (tertiary/aromatic N) is 2. The molecule has 0 spiro atoms. The van der Waals surface area contributed by atoms with Crippen molar-refractivity contribution < 1.29 is 27.5 Å². The highest BCUT2D eigenvalue weighted by molar-refractivity contribution is 7.92. The Morgan fingerprint density at radius 1 is 0.907 bits per heavy atom. The monoisotopic (exact) mass is 605 g/mol. The number of rotatable bonds is 11. The smallest absolute Gasteiger partial charge is 0.244 e. The molecule has 0 saturated heterocycles. The molecule has 2 aliphatic rings. The number of sulfonamides is 1. The SMILES string of the molecule is Cc1ccc(CN(C(=O)CN(c2ccc3c(c2)OCCO3)S(C)(=O)=O)[C@H](Cc2ccccc2)C(=O)NC2CCCC2)cc1. The third-order valence-electron chi connectivity index (χ3n) is 7.94. The van der Waals surface area contributed by atoms with Gasteiger partial charge in [0.25, 0.3) is 0 Å². The molecule has 228 valence electrons. The number of hydrogen-bond donors (Lipinski definition) is 1. The summed E-state index contributed by atoms with van der Waals surface area (Å²) in [7, 11) is -3.89.